The van der Waals surface area contributed by atoms with Crippen molar-refractivity contribution in [3.8, 4) is 11.3 Å². The number of piperidine rings is 1. The summed E-state index contributed by atoms with van der Waals surface area (Å²) in [5.74, 6) is 0.182. The van der Waals surface area contributed by atoms with Crippen LogP contribution >= 0.6 is 0 Å². The number of carbonyl (C=O) groups is 1. The van der Waals surface area contributed by atoms with Crippen LogP contribution in [0.5, 0.6) is 0 Å². The van der Waals surface area contributed by atoms with E-state index in [-0.39, 0.29) is 5.91 Å². The first-order chi connectivity index (χ1) is 14.0. The second kappa shape index (κ2) is 6.95. The van der Waals surface area contributed by atoms with Crippen molar-refractivity contribution >= 4 is 11.6 Å². The molecule has 4 heterocycles. The molecule has 1 amide bonds. The third-order valence-corrected chi connectivity index (χ3v) is 6.28. The van der Waals surface area contributed by atoms with E-state index in [9.17, 15) is 4.79 Å². The van der Waals surface area contributed by atoms with Gasteiger partial charge in [0.25, 0.3) is 5.91 Å². The highest BCUT2D eigenvalue weighted by molar-refractivity contribution is 5.97. The minimum absolute atomic E-state index is 0.182. The van der Waals surface area contributed by atoms with Crippen LogP contribution in [0.15, 0.2) is 30.5 Å². The number of nitrogens with one attached hydrogen (secondary N) is 1. The Hall–Kier alpha value is -2.73. The Morgan fingerprint density at radius 3 is 2.90 bits per heavy atom. The molecule has 29 heavy (non-hydrogen) atoms. The maximum Gasteiger partial charge on any atom is 0.254 e. The summed E-state index contributed by atoms with van der Waals surface area (Å²) in [7, 11) is 0. The maximum atomic E-state index is 13.2. The van der Waals surface area contributed by atoms with Crippen molar-refractivity contribution in [2.75, 3.05) is 13.1 Å². The number of imidazole rings is 1. The zero-order valence-corrected chi connectivity index (χ0v) is 17.3. The molecule has 5 rings (SSSR count). The van der Waals surface area contributed by atoms with E-state index < -0.39 is 0 Å². The van der Waals surface area contributed by atoms with Crippen LogP contribution in [0.4, 0.5) is 0 Å². The molecule has 2 aliphatic rings. The van der Waals surface area contributed by atoms with Crippen LogP contribution in [0.3, 0.4) is 0 Å². The fraction of sp³-hybridized carbons (Fsp3) is 0.435. The summed E-state index contributed by atoms with van der Waals surface area (Å²) in [6.07, 6.45) is 4.92. The maximum absolute atomic E-state index is 13.2. The van der Waals surface area contributed by atoms with Gasteiger partial charge in [0.15, 0.2) is 5.65 Å². The second-order valence-corrected chi connectivity index (χ2v) is 8.52. The molecule has 1 fully saturated rings. The lowest BCUT2D eigenvalue weighted by Crippen LogP contribution is -2.51. The Kier molecular flexibility index (Phi) is 4.39. The molecule has 6 heteroatoms. The first kappa shape index (κ1) is 18.3. The Morgan fingerprint density at radius 2 is 2.07 bits per heavy atom. The molecule has 1 aromatic carbocycles. The van der Waals surface area contributed by atoms with Gasteiger partial charge in [-0.05, 0) is 75.9 Å². The van der Waals surface area contributed by atoms with E-state index in [1.165, 1.54) is 0 Å². The minimum Gasteiger partial charge on any atom is -0.335 e. The average Bonchev–Trinajstić information content (AvgIpc) is 3.09. The lowest BCUT2D eigenvalue weighted by Gasteiger charge is -2.39. The van der Waals surface area contributed by atoms with E-state index in [0.717, 1.165) is 71.6 Å². The summed E-state index contributed by atoms with van der Waals surface area (Å²) < 4.78 is 1.85. The number of amides is 1. The summed E-state index contributed by atoms with van der Waals surface area (Å²) in [5.41, 5.74) is 6.90. The number of nitrogens with zero attached hydrogens (tertiary/aromatic N) is 4. The highest BCUT2D eigenvalue weighted by atomic mass is 16.2. The number of rotatable bonds is 2. The van der Waals surface area contributed by atoms with Crippen LogP contribution in [-0.2, 0) is 6.42 Å². The number of aromatic nitrogens is 3. The summed E-state index contributed by atoms with van der Waals surface area (Å²) in [6, 6.07) is 9.07. The van der Waals surface area contributed by atoms with Gasteiger partial charge in [0, 0.05) is 29.8 Å². The number of benzene rings is 1. The smallest absolute Gasteiger partial charge is 0.254 e. The van der Waals surface area contributed by atoms with E-state index in [2.05, 4.69) is 41.2 Å². The molecule has 2 aliphatic heterocycles. The standard InChI is InChI=1S/C23H27N5O/c1-14-10-21(26-28-13-16(3)25-22(14)28)18-4-5-20-17(12-18)7-9-27(23(20)29)19-6-8-24-15(2)11-19/h4-5,10,12-13,15,19,24H,6-9,11H2,1-3H3/t15-,19+/m1/s1. The topological polar surface area (TPSA) is 62.5 Å². The van der Waals surface area contributed by atoms with Crippen molar-refractivity contribution in [1.29, 1.82) is 0 Å². The fourth-order valence-corrected chi connectivity index (χ4v) is 4.79. The van der Waals surface area contributed by atoms with Crippen LogP contribution in [0.25, 0.3) is 16.9 Å². The van der Waals surface area contributed by atoms with Gasteiger partial charge in [-0.15, -0.1) is 0 Å². The predicted octanol–water partition coefficient (Wildman–Crippen LogP) is 3.15. The van der Waals surface area contributed by atoms with E-state index in [1.807, 2.05) is 29.8 Å². The van der Waals surface area contributed by atoms with Crippen molar-refractivity contribution in [2.24, 2.45) is 0 Å². The molecule has 1 N–H and O–H groups in total. The summed E-state index contributed by atoms with van der Waals surface area (Å²) in [4.78, 5) is 19.8. The first-order valence-electron chi connectivity index (χ1n) is 10.5. The van der Waals surface area contributed by atoms with E-state index in [4.69, 9.17) is 5.10 Å². The largest absolute Gasteiger partial charge is 0.335 e. The number of aryl methyl sites for hydroxylation is 2. The zero-order valence-electron chi connectivity index (χ0n) is 17.3. The quantitative estimate of drug-likeness (QED) is 0.731. The SMILES string of the molecule is Cc1cn2nc(-c3ccc4c(c3)CCN([C@H]3CCN[C@H](C)C3)C4=O)cc(C)c2n1. The number of hydrogen-bond acceptors (Lipinski definition) is 4. The highest BCUT2D eigenvalue weighted by Crippen LogP contribution is 2.29. The second-order valence-electron chi connectivity index (χ2n) is 8.52. The average molecular weight is 390 g/mol. The van der Waals surface area contributed by atoms with Gasteiger partial charge < -0.3 is 10.2 Å². The summed E-state index contributed by atoms with van der Waals surface area (Å²) >= 11 is 0. The van der Waals surface area contributed by atoms with Crippen molar-refractivity contribution in [3.05, 3.63) is 52.8 Å². The predicted molar refractivity (Wildman–Crippen MR) is 113 cm³/mol. The Morgan fingerprint density at radius 1 is 1.21 bits per heavy atom. The molecule has 0 aliphatic carbocycles. The molecule has 3 aromatic rings. The fourth-order valence-electron chi connectivity index (χ4n) is 4.79. The van der Waals surface area contributed by atoms with Gasteiger partial charge in [0.2, 0.25) is 0 Å². The molecule has 2 aromatic heterocycles. The van der Waals surface area contributed by atoms with E-state index in [1.54, 1.807) is 0 Å². The molecule has 1 saturated heterocycles. The molecular weight excluding hydrogens is 362 g/mol. The van der Waals surface area contributed by atoms with Crippen LogP contribution in [0.1, 0.15) is 46.9 Å². The molecule has 0 unspecified atom stereocenters. The number of carbonyl (C=O) groups excluding carboxylic acids is 1. The number of hydrogen-bond donors (Lipinski definition) is 1. The van der Waals surface area contributed by atoms with Gasteiger partial charge in [-0.25, -0.2) is 9.50 Å². The molecule has 0 radical (unpaired) electrons. The van der Waals surface area contributed by atoms with Crippen LogP contribution in [0, 0.1) is 13.8 Å². The molecular formula is C23H27N5O. The van der Waals surface area contributed by atoms with Gasteiger partial charge in [0.05, 0.1) is 17.6 Å². The third kappa shape index (κ3) is 3.21. The number of fused-ring (bicyclic) bond motifs is 2. The van der Waals surface area contributed by atoms with Gasteiger partial charge in [-0.2, -0.15) is 5.10 Å². The molecule has 0 bridgehead atoms. The molecule has 6 nitrogen and oxygen atoms in total. The molecule has 0 saturated carbocycles. The first-order valence-corrected chi connectivity index (χ1v) is 10.5. The van der Waals surface area contributed by atoms with Crippen molar-refractivity contribution in [1.82, 2.24) is 24.8 Å². The van der Waals surface area contributed by atoms with Crippen molar-refractivity contribution in [3.63, 3.8) is 0 Å². The van der Waals surface area contributed by atoms with Crippen LogP contribution in [-0.4, -0.2) is 50.6 Å². The molecule has 150 valence electrons. The van der Waals surface area contributed by atoms with Crippen molar-refractivity contribution < 1.29 is 4.79 Å². The normalized spacial score (nSPS) is 22.2. The summed E-state index contributed by atoms with van der Waals surface area (Å²) in [5, 5.41) is 8.22. The molecule has 0 spiro atoms. The summed E-state index contributed by atoms with van der Waals surface area (Å²) in [6.45, 7) is 8.04. The molecule has 2 atom stereocenters. The van der Waals surface area contributed by atoms with Gasteiger partial charge >= 0.3 is 0 Å². The van der Waals surface area contributed by atoms with Crippen molar-refractivity contribution in [2.45, 2.75) is 52.1 Å². The van der Waals surface area contributed by atoms with Gasteiger partial charge in [-0.3, -0.25) is 4.79 Å². The Bertz CT molecular complexity index is 1100. The minimum atomic E-state index is 0.182. The van der Waals surface area contributed by atoms with Crippen LogP contribution < -0.4 is 5.32 Å². The third-order valence-electron chi connectivity index (χ3n) is 6.28. The van der Waals surface area contributed by atoms with Gasteiger partial charge in [0.1, 0.15) is 0 Å². The Balaban J connectivity index is 1.46. The zero-order chi connectivity index (χ0) is 20.1. The Labute approximate surface area is 170 Å². The highest BCUT2D eigenvalue weighted by Gasteiger charge is 2.32. The monoisotopic (exact) mass is 389 g/mol. The van der Waals surface area contributed by atoms with E-state index >= 15 is 0 Å². The van der Waals surface area contributed by atoms with Crippen LogP contribution in [0.2, 0.25) is 0 Å². The lowest BCUT2D eigenvalue weighted by atomic mass is 9.91. The van der Waals surface area contributed by atoms with Gasteiger partial charge in [-0.1, -0.05) is 6.07 Å². The van der Waals surface area contributed by atoms with E-state index in [0.29, 0.717) is 12.1 Å². The lowest BCUT2D eigenvalue weighted by molar-refractivity contribution is 0.0605.